The van der Waals surface area contributed by atoms with Gasteiger partial charge in [-0.1, -0.05) is 17.7 Å². The molecule has 16 heavy (non-hydrogen) atoms. The number of carbonyl (C=O) groups is 1. The van der Waals surface area contributed by atoms with Gasteiger partial charge in [0.1, 0.15) is 6.10 Å². The van der Waals surface area contributed by atoms with Crippen LogP contribution in [0.1, 0.15) is 5.56 Å². The van der Waals surface area contributed by atoms with Crippen LogP contribution in [0.3, 0.4) is 0 Å². The van der Waals surface area contributed by atoms with E-state index in [0.717, 1.165) is 10.0 Å². The minimum Gasteiger partial charge on any atom is -0.382 e. The maximum Gasteiger partial charge on any atom is 0.247 e. The number of amides is 1. The minimum absolute atomic E-state index is 0.128. The standard InChI is InChI=1S/C10H12BrClN2O2/c11-7-2-1-6(3-8(7)12)4-14-5-9(15)10(13)16/h1-3,9,14-15H,4-5H2,(H2,13,16). The van der Waals surface area contributed by atoms with Crippen molar-refractivity contribution in [1.82, 2.24) is 5.32 Å². The second kappa shape index (κ2) is 6.20. The van der Waals surface area contributed by atoms with Crippen LogP contribution in [0.5, 0.6) is 0 Å². The molecule has 1 aromatic rings. The molecule has 0 fully saturated rings. The summed E-state index contributed by atoms with van der Waals surface area (Å²) >= 11 is 9.19. The number of aliphatic hydroxyl groups excluding tert-OH is 1. The highest BCUT2D eigenvalue weighted by molar-refractivity contribution is 9.10. The van der Waals surface area contributed by atoms with Crippen molar-refractivity contribution in [3.8, 4) is 0 Å². The average molecular weight is 308 g/mol. The summed E-state index contributed by atoms with van der Waals surface area (Å²) < 4.78 is 0.829. The first-order chi connectivity index (χ1) is 7.50. The van der Waals surface area contributed by atoms with Gasteiger partial charge in [0.25, 0.3) is 0 Å². The van der Waals surface area contributed by atoms with Crippen LogP contribution in [0.25, 0.3) is 0 Å². The summed E-state index contributed by atoms with van der Waals surface area (Å²) in [6.45, 7) is 0.639. The van der Waals surface area contributed by atoms with Gasteiger partial charge in [0, 0.05) is 17.6 Å². The number of primary amides is 1. The Balaban J connectivity index is 2.43. The maximum atomic E-state index is 10.5. The van der Waals surface area contributed by atoms with Crippen LogP contribution >= 0.6 is 27.5 Å². The van der Waals surface area contributed by atoms with Crippen molar-refractivity contribution >= 4 is 33.4 Å². The fraction of sp³-hybridized carbons (Fsp3) is 0.300. The molecule has 0 saturated heterocycles. The van der Waals surface area contributed by atoms with Gasteiger partial charge in [-0.2, -0.15) is 0 Å². The monoisotopic (exact) mass is 306 g/mol. The molecule has 0 spiro atoms. The predicted octanol–water partition coefficient (Wildman–Crippen LogP) is 1.04. The van der Waals surface area contributed by atoms with E-state index in [-0.39, 0.29) is 6.54 Å². The Labute approximate surface area is 107 Å². The van der Waals surface area contributed by atoms with Crippen molar-refractivity contribution < 1.29 is 9.90 Å². The second-order valence-electron chi connectivity index (χ2n) is 3.30. The van der Waals surface area contributed by atoms with Crippen molar-refractivity contribution in [3.63, 3.8) is 0 Å². The van der Waals surface area contributed by atoms with Gasteiger partial charge < -0.3 is 16.2 Å². The molecule has 6 heteroatoms. The van der Waals surface area contributed by atoms with E-state index in [1.807, 2.05) is 12.1 Å². The van der Waals surface area contributed by atoms with E-state index in [1.54, 1.807) is 6.07 Å². The van der Waals surface area contributed by atoms with E-state index in [1.165, 1.54) is 0 Å². The number of nitrogens with two attached hydrogens (primary N) is 1. The largest absolute Gasteiger partial charge is 0.382 e. The fourth-order valence-corrected chi connectivity index (χ4v) is 1.55. The van der Waals surface area contributed by atoms with Crippen molar-refractivity contribution in [2.45, 2.75) is 12.6 Å². The molecule has 0 saturated carbocycles. The number of rotatable bonds is 5. The molecule has 88 valence electrons. The molecule has 1 amide bonds. The van der Waals surface area contributed by atoms with Crippen LogP contribution in [0.4, 0.5) is 0 Å². The molecule has 4 N–H and O–H groups in total. The number of hydrogen-bond donors (Lipinski definition) is 3. The molecule has 0 aliphatic heterocycles. The molecule has 0 aliphatic carbocycles. The number of hydrogen-bond acceptors (Lipinski definition) is 3. The number of nitrogens with one attached hydrogen (secondary N) is 1. The van der Waals surface area contributed by atoms with Gasteiger partial charge in [0.05, 0.1) is 5.02 Å². The zero-order valence-corrected chi connectivity index (χ0v) is 10.8. The third kappa shape index (κ3) is 4.09. The molecule has 4 nitrogen and oxygen atoms in total. The zero-order valence-electron chi connectivity index (χ0n) is 8.41. The van der Waals surface area contributed by atoms with Crippen LogP contribution in [0, 0.1) is 0 Å². The third-order valence-electron chi connectivity index (χ3n) is 1.98. The van der Waals surface area contributed by atoms with Gasteiger partial charge >= 0.3 is 0 Å². The maximum absolute atomic E-state index is 10.5. The first-order valence-electron chi connectivity index (χ1n) is 4.62. The Morgan fingerprint density at radius 1 is 1.62 bits per heavy atom. The summed E-state index contributed by atoms with van der Waals surface area (Å²) in [5.74, 6) is -0.735. The second-order valence-corrected chi connectivity index (χ2v) is 4.56. The van der Waals surface area contributed by atoms with Crippen molar-refractivity contribution in [2.75, 3.05) is 6.54 Å². The number of aliphatic hydroxyl groups is 1. The smallest absolute Gasteiger partial charge is 0.247 e. The highest BCUT2D eigenvalue weighted by atomic mass is 79.9. The lowest BCUT2D eigenvalue weighted by atomic mass is 10.2. The molecule has 1 unspecified atom stereocenters. The van der Waals surface area contributed by atoms with E-state index >= 15 is 0 Å². The highest BCUT2D eigenvalue weighted by Crippen LogP contribution is 2.22. The Kier molecular flexibility index (Phi) is 5.21. The van der Waals surface area contributed by atoms with Gasteiger partial charge in [0.15, 0.2) is 0 Å². The van der Waals surface area contributed by atoms with E-state index < -0.39 is 12.0 Å². The molecule has 1 aromatic carbocycles. The number of carbonyl (C=O) groups excluding carboxylic acids is 1. The topological polar surface area (TPSA) is 75.4 Å². The van der Waals surface area contributed by atoms with E-state index in [2.05, 4.69) is 21.2 Å². The molecule has 0 aliphatic rings. The minimum atomic E-state index is -1.16. The average Bonchev–Trinajstić information content (AvgIpc) is 2.23. The fourth-order valence-electron chi connectivity index (χ4n) is 1.10. The Morgan fingerprint density at radius 2 is 2.31 bits per heavy atom. The lowest BCUT2D eigenvalue weighted by Crippen LogP contribution is -2.37. The predicted molar refractivity (Wildman–Crippen MR) is 66.1 cm³/mol. The molecular formula is C10H12BrClN2O2. The first kappa shape index (κ1) is 13.4. The molecule has 0 bridgehead atoms. The Hall–Kier alpha value is -0.620. The van der Waals surface area contributed by atoms with Crippen molar-refractivity contribution in [1.29, 1.82) is 0 Å². The summed E-state index contributed by atoms with van der Waals surface area (Å²) in [6.07, 6.45) is -1.16. The molecule has 0 radical (unpaired) electrons. The molecule has 1 rings (SSSR count). The SMILES string of the molecule is NC(=O)C(O)CNCc1ccc(Br)c(Cl)c1. The lowest BCUT2D eigenvalue weighted by Gasteiger charge is -2.08. The summed E-state index contributed by atoms with van der Waals surface area (Å²) in [5, 5.41) is 12.7. The summed E-state index contributed by atoms with van der Waals surface area (Å²) in [7, 11) is 0. The van der Waals surface area contributed by atoms with Gasteiger partial charge in [0.2, 0.25) is 5.91 Å². The number of benzene rings is 1. The quantitative estimate of drug-likeness (QED) is 0.761. The summed E-state index contributed by atoms with van der Waals surface area (Å²) in [4.78, 5) is 10.5. The first-order valence-corrected chi connectivity index (χ1v) is 5.80. The van der Waals surface area contributed by atoms with Crippen LogP contribution in [-0.2, 0) is 11.3 Å². The summed E-state index contributed by atoms with van der Waals surface area (Å²) in [5.41, 5.74) is 5.87. The van der Waals surface area contributed by atoms with Crippen LogP contribution < -0.4 is 11.1 Å². The highest BCUT2D eigenvalue weighted by Gasteiger charge is 2.09. The van der Waals surface area contributed by atoms with Crippen LogP contribution in [0.15, 0.2) is 22.7 Å². The van der Waals surface area contributed by atoms with Crippen molar-refractivity contribution in [3.05, 3.63) is 33.3 Å². The molecular weight excluding hydrogens is 295 g/mol. The Bertz CT molecular complexity index is 387. The Morgan fingerprint density at radius 3 is 2.88 bits per heavy atom. The zero-order chi connectivity index (χ0) is 12.1. The lowest BCUT2D eigenvalue weighted by molar-refractivity contribution is -0.125. The number of halogens is 2. The van der Waals surface area contributed by atoms with E-state index in [4.69, 9.17) is 22.4 Å². The normalized spacial score (nSPS) is 12.4. The molecule has 0 heterocycles. The van der Waals surface area contributed by atoms with Gasteiger partial charge in [-0.25, -0.2) is 0 Å². The van der Waals surface area contributed by atoms with E-state index in [9.17, 15) is 4.79 Å². The summed E-state index contributed by atoms with van der Waals surface area (Å²) in [6, 6.07) is 5.53. The van der Waals surface area contributed by atoms with Crippen LogP contribution in [-0.4, -0.2) is 23.7 Å². The van der Waals surface area contributed by atoms with Gasteiger partial charge in [-0.05, 0) is 33.6 Å². The third-order valence-corrected chi connectivity index (χ3v) is 3.21. The molecule has 0 aromatic heterocycles. The molecule has 1 atom stereocenters. The van der Waals surface area contributed by atoms with E-state index in [0.29, 0.717) is 11.6 Å². The van der Waals surface area contributed by atoms with Crippen molar-refractivity contribution in [2.24, 2.45) is 5.73 Å². The van der Waals surface area contributed by atoms with Crippen LogP contribution in [0.2, 0.25) is 5.02 Å². The van der Waals surface area contributed by atoms with Gasteiger partial charge in [-0.3, -0.25) is 4.79 Å². The van der Waals surface area contributed by atoms with Gasteiger partial charge in [-0.15, -0.1) is 0 Å².